The van der Waals surface area contributed by atoms with E-state index in [0.717, 1.165) is 83.5 Å². The van der Waals surface area contributed by atoms with Crippen LogP contribution in [0, 0.1) is 0 Å². The first-order valence-electron chi connectivity index (χ1n) is 20.8. The first-order valence-corrected chi connectivity index (χ1v) is 22.3. The number of rotatable bonds is 37. The highest BCUT2D eigenvalue weighted by atomic mass is 31.2. The molecule has 0 fully saturated rings. The van der Waals surface area contributed by atoms with E-state index in [4.69, 9.17) is 24.3 Å². The zero-order chi connectivity index (χ0) is 41.2. The minimum Gasteiger partial charge on any atom is -0.462 e. The number of unbranched alkanes of at least 4 members (excludes halogenated alkanes) is 5. The third-order valence-corrected chi connectivity index (χ3v) is 8.99. The molecule has 0 saturated heterocycles. The summed E-state index contributed by atoms with van der Waals surface area (Å²) >= 11 is 0. The lowest BCUT2D eigenvalue weighted by Gasteiger charge is -2.19. The number of nitrogens with two attached hydrogens (primary N) is 1. The van der Waals surface area contributed by atoms with Gasteiger partial charge in [-0.1, -0.05) is 130 Å². The van der Waals surface area contributed by atoms with E-state index in [1.807, 2.05) is 18.2 Å². The number of esters is 2. The van der Waals surface area contributed by atoms with Crippen molar-refractivity contribution in [3.8, 4) is 0 Å². The molecule has 0 radical (unpaired) electrons. The van der Waals surface area contributed by atoms with Crippen molar-refractivity contribution in [3.63, 3.8) is 0 Å². The Hall–Kier alpha value is -3.11. The lowest BCUT2D eigenvalue weighted by Crippen LogP contribution is -2.29. The van der Waals surface area contributed by atoms with Crippen LogP contribution >= 0.6 is 7.82 Å². The standard InChI is InChI=1S/C45H74NO9P/c1-3-5-6-7-8-9-10-11-12-13-14-17-20-23-26-29-32-36-44(48)52-40-43(41-54-56(50,51)53-39-38-46)55-45(49)37-33-30-27-24-21-18-15-16-19-22-25-28-31-35-42(47)34-4-2/h5-6,8-9,11-12,14-15,17-19,22,24,27-28,31,42-43,47H,3-4,7,10,13,16,20-21,23,25-26,29-30,32-41,46H2,1-2H3,(H,50,51)/b6-5-,9-8-,12-11-,17-14-,18-15-,22-19-,27-24-,31-28-/t42?,43-/m1/s1. The third kappa shape index (κ3) is 39.1. The van der Waals surface area contributed by atoms with Crippen LogP contribution in [0.3, 0.4) is 0 Å². The maximum absolute atomic E-state index is 12.5. The van der Waals surface area contributed by atoms with E-state index < -0.39 is 32.5 Å². The second-order valence-corrected chi connectivity index (χ2v) is 14.8. The van der Waals surface area contributed by atoms with Crippen molar-refractivity contribution in [2.75, 3.05) is 26.4 Å². The molecule has 0 aliphatic rings. The summed E-state index contributed by atoms with van der Waals surface area (Å²) in [5.41, 5.74) is 5.33. The monoisotopic (exact) mass is 804 g/mol. The molecule has 11 heteroatoms. The van der Waals surface area contributed by atoms with Gasteiger partial charge in [0.15, 0.2) is 6.10 Å². The van der Waals surface area contributed by atoms with Crippen LogP contribution in [0.2, 0.25) is 0 Å². The summed E-state index contributed by atoms with van der Waals surface area (Å²) in [6.45, 7) is 3.28. The highest BCUT2D eigenvalue weighted by molar-refractivity contribution is 7.47. The normalized spacial score (nSPS) is 14.9. The largest absolute Gasteiger partial charge is 0.472 e. The Morgan fingerprint density at radius 1 is 0.625 bits per heavy atom. The summed E-state index contributed by atoms with van der Waals surface area (Å²) in [5, 5.41) is 9.72. The first kappa shape index (κ1) is 52.9. The van der Waals surface area contributed by atoms with E-state index in [1.165, 1.54) is 0 Å². The summed E-state index contributed by atoms with van der Waals surface area (Å²) in [7, 11) is -4.41. The Bertz CT molecular complexity index is 1250. The van der Waals surface area contributed by atoms with Crippen molar-refractivity contribution >= 4 is 19.8 Å². The van der Waals surface area contributed by atoms with Gasteiger partial charge in [0.2, 0.25) is 0 Å². The van der Waals surface area contributed by atoms with E-state index >= 15 is 0 Å². The molecule has 3 atom stereocenters. The van der Waals surface area contributed by atoms with Crippen LogP contribution in [0.15, 0.2) is 97.2 Å². The van der Waals surface area contributed by atoms with Gasteiger partial charge < -0.3 is 25.2 Å². The van der Waals surface area contributed by atoms with Gasteiger partial charge >= 0.3 is 19.8 Å². The van der Waals surface area contributed by atoms with Crippen LogP contribution in [-0.4, -0.2) is 60.5 Å². The van der Waals surface area contributed by atoms with Gasteiger partial charge in [-0.3, -0.25) is 18.6 Å². The minimum atomic E-state index is -4.41. The topological polar surface area (TPSA) is 155 Å². The van der Waals surface area contributed by atoms with Gasteiger partial charge in [-0.15, -0.1) is 0 Å². The van der Waals surface area contributed by atoms with Crippen LogP contribution in [0.25, 0.3) is 0 Å². The number of carbonyl (C=O) groups excluding carboxylic acids is 2. The SMILES string of the molecule is CC/C=C\C/C=C\C/C=C\C/C=C\CCCCCCC(=O)OC[C@H](COP(=O)(O)OCCN)OC(=O)CCC/C=C\C/C=C\C/C=C\C/C=C\CC(O)CCC. The Kier molecular flexibility index (Phi) is 37.9. The van der Waals surface area contributed by atoms with Crippen LogP contribution in [-0.2, 0) is 32.7 Å². The van der Waals surface area contributed by atoms with Crippen LogP contribution in [0.1, 0.15) is 136 Å². The zero-order valence-corrected chi connectivity index (χ0v) is 35.3. The van der Waals surface area contributed by atoms with Crippen molar-refractivity contribution in [2.24, 2.45) is 5.73 Å². The molecule has 0 rings (SSSR count). The predicted octanol–water partition coefficient (Wildman–Crippen LogP) is 10.8. The molecule has 0 spiro atoms. The molecule has 0 bridgehead atoms. The number of carbonyl (C=O) groups is 2. The molecular weight excluding hydrogens is 729 g/mol. The molecule has 0 saturated carbocycles. The molecule has 0 aliphatic carbocycles. The molecule has 318 valence electrons. The molecule has 10 nitrogen and oxygen atoms in total. The second kappa shape index (κ2) is 40.1. The number of hydrogen-bond acceptors (Lipinski definition) is 9. The van der Waals surface area contributed by atoms with Crippen LogP contribution < -0.4 is 5.73 Å². The van der Waals surface area contributed by atoms with Gasteiger partial charge in [0.05, 0.1) is 19.3 Å². The molecule has 0 aromatic carbocycles. The van der Waals surface area contributed by atoms with E-state index in [0.29, 0.717) is 25.7 Å². The van der Waals surface area contributed by atoms with Gasteiger partial charge in [0.25, 0.3) is 0 Å². The van der Waals surface area contributed by atoms with E-state index in [2.05, 4.69) is 92.8 Å². The van der Waals surface area contributed by atoms with Crippen molar-refractivity contribution < 1.29 is 42.7 Å². The molecular formula is C45H74NO9P. The Morgan fingerprint density at radius 2 is 1.12 bits per heavy atom. The average molecular weight is 804 g/mol. The highest BCUT2D eigenvalue weighted by Crippen LogP contribution is 2.43. The number of hydrogen-bond donors (Lipinski definition) is 3. The molecule has 2 unspecified atom stereocenters. The fraction of sp³-hybridized carbons (Fsp3) is 0.600. The summed E-state index contributed by atoms with van der Waals surface area (Å²) in [6.07, 6.45) is 47.9. The summed E-state index contributed by atoms with van der Waals surface area (Å²) in [6, 6.07) is 0. The van der Waals surface area contributed by atoms with Gasteiger partial charge in [-0.25, -0.2) is 4.57 Å². The fourth-order valence-electron chi connectivity index (χ4n) is 4.98. The molecule has 0 heterocycles. The number of aliphatic hydroxyl groups excluding tert-OH is 1. The maximum atomic E-state index is 12.5. The number of phosphoric ester groups is 1. The van der Waals surface area contributed by atoms with Crippen molar-refractivity contribution in [3.05, 3.63) is 97.2 Å². The van der Waals surface area contributed by atoms with Gasteiger partial charge in [0, 0.05) is 19.4 Å². The van der Waals surface area contributed by atoms with Gasteiger partial charge in [-0.2, -0.15) is 0 Å². The summed E-state index contributed by atoms with van der Waals surface area (Å²) in [5.74, 6) is -0.954. The lowest BCUT2D eigenvalue weighted by molar-refractivity contribution is -0.161. The third-order valence-electron chi connectivity index (χ3n) is 8.01. The molecule has 4 N–H and O–H groups in total. The van der Waals surface area contributed by atoms with Gasteiger partial charge in [-0.05, 0) is 89.9 Å². The number of ether oxygens (including phenoxy) is 2. The van der Waals surface area contributed by atoms with Crippen molar-refractivity contribution in [1.82, 2.24) is 0 Å². The Balaban J connectivity index is 4.37. The summed E-state index contributed by atoms with van der Waals surface area (Å²) < 4.78 is 32.6. The second-order valence-electron chi connectivity index (χ2n) is 13.3. The molecule has 0 aromatic rings. The number of phosphoric acid groups is 1. The molecule has 0 amide bonds. The van der Waals surface area contributed by atoms with Crippen molar-refractivity contribution in [1.29, 1.82) is 0 Å². The average Bonchev–Trinajstić information content (AvgIpc) is 3.17. The molecule has 56 heavy (non-hydrogen) atoms. The minimum absolute atomic E-state index is 0.0291. The van der Waals surface area contributed by atoms with Crippen LogP contribution in [0.4, 0.5) is 0 Å². The molecule has 0 aliphatic heterocycles. The molecule has 0 aromatic heterocycles. The lowest BCUT2D eigenvalue weighted by atomic mass is 10.1. The highest BCUT2D eigenvalue weighted by Gasteiger charge is 2.25. The van der Waals surface area contributed by atoms with Gasteiger partial charge in [0.1, 0.15) is 6.61 Å². The Labute approximate surface area is 339 Å². The fourth-order valence-corrected chi connectivity index (χ4v) is 5.75. The maximum Gasteiger partial charge on any atom is 0.472 e. The van der Waals surface area contributed by atoms with E-state index in [1.54, 1.807) is 0 Å². The zero-order valence-electron chi connectivity index (χ0n) is 34.4. The van der Waals surface area contributed by atoms with Crippen LogP contribution in [0.5, 0.6) is 0 Å². The number of allylic oxidation sites excluding steroid dienone is 15. The smallest absolute Gasteiger partial charge is 0.462 e. The predicted molar refractivity (Wildman–Crippen MR) is 230 cm³/mol. The quantitative estimate of drug-likeness (QED) is 0.0239. The van der Waals surface area contributed by atoms with Crippen molar-refractivity contribution in [2.45, 2.75) is 148 Å². The Morgan fingerprint density at radius 3 is 1.68 bits per heavy atom. The van der Waals surface area contributed by atoms with E-state index in [9.17, 15) is 24.2 Å². The summed E-state index contributed by atoms with van der Waals surface area (Å²) in [4.78, 5) is 34.8. The van der Waals surface area contributed by atoms with E-state index in [-0.39, 0.29) is 38.7 Å². The first-order chi connectivity index (χ1) is 27.2. The number of aliphatic hydroxyl groups is 1.